The largest absolute Gasteiger partial charge is 1.00 e. The Kier molecular flexibility index (Phi) is 18.7. The van der Waals surface area contributed by atoms with Gasteiger partial charge in [0.25, 0.3) is 0 Å². The minimum Gasteiger partial charge on any atom is -0.747 e. The molecule has 0 aromatic carbocycles. The molecule has 0 radical (unpaired) electrons. The van der Waals surface area contributed by atoms with Crippen LogP contribution in [0.4, 0.5) is 0 Å². The Balaban J connectivity index is 0. The summed E-state index contributed by atoms with van der Waals surface area (Å²) in [5.74, 6) is -0.891. The fourth-order valence-corrected chi connectivity index (χ4v) is 3.25. The molecule has 0 aliphatic heterocycles. The molecule has 0 rings (SSSR count). The summed E-state index contributed by atoms with van der Waals surface area (Å²) in [4.78, 5) is 11.6. The fourth-order valence-electron chi connectivity index (χ4n) is 2.49. The van der Waals surface area contributed by atoms with Crippen LogP contribution in [-0.2, 0) is 19.6 Å². The van der Waals surface area contributed by atoms with Crippen LogP contribution in [0.15, 0.2) is 0 Å². The van der Waals surface area contributed by atoms with Crippen LogP contribution >= 0.6 is 0 Å². The first-order valence-electron chi connectivity index (χ1n) is 9.04. The average molecular weight is 373 g/mol. The number of hydrogen-bond acceptors (Lipinski definition) is 5. The molecule has 0 heterocycles. The van der Waals surface area contributed by atoms with E-state index >= 15 is 0 Å². The zero-order chi connectivity index (χ0) is 17.6. The number of unbranched alkanes of at least 4 members (excludes halogenated alkanes) is 9. The van der Waals surface area contributed by atoms with E-state index in [4.69, 9.17) is 4.74 Å². The van der Waals surface area contributed by atoms with Crippen molar-refractivity contribution in [2.75, 3.05) is 6.61 Å². The van der Waals surface area contributed by atoms with Crippen molar-refractivity contribution in [1.82, 2.24) is 0 Å². The van der Waals surface area contributed by atoms with E-state index in [1.807, 2.05) is 6.92 Å². The molecule has 5 nitrogen and oxygen atoms in total. The molecule has 0 amide bonds. The number of hydrogen-bond donors (Lipinski definition) is 0. The molecule has 7 heteroatoms. The van der Waals surface area contributed by atoms with Gasteiger partial charge in [0.2, 0.25) is 0 Å². The van der Waals surface area contributed by atoms with Gasteiger partial charge in [-0.3, -0.25) is 4.79 Å². The van der Waals surface area contributed by atoms with Gasteiger partial charge in [-0.15, -0.1) is 0 Å². The Bertz CT molecular complexity index is 398. The third-order valence-electron chi connectivity index (χ3n) is 3.88. The minimum absolute atomic E-state index is 0. The quantitative estimate of drug-likeness (QED) is 0.186. The second-order valence-corrected chi connectivity index (χ2v) is 7.67. The van der Waals surface area contributed by atoms with Crippen molar-refractivity contribution in [3.8, 4) is 0 Å². The summed E-state index contributed by atoms with van der Waals surface area (Å²) in [6, 6.07) is 0. The van der Waals surface area contributed by atoms with E-state index in [2.05, 4.69) is 6.92 Å². The molecule has 0 spiro atoms. The molecule has 1 unspecified atom stereocenters. The fraction of sp³-hybridized carbons (Fsp3) is 0.941. The zero-order valence-electron chi connectivity index (χ0n) is 15.7. The van der Waals surface area contributed by atoms with Gasteiger partial charge >= 0.3 is 35.5 Å². The first-order valence-corrected chi connectivity index (χ1v) is 10.5. The SMILES string of the molecule is CCCCCCCCCCCCC(C(=O)OCCC)S(=O)(=O)[O-].[Na+]. The summed E-state index contributed by atoms with van der Waals surface area (Å²) in [6.45, 7) is 4.17. The Morgan fingerprint density at radius 2 is 1.33 bits per heavy atom. The summed E-state index contributed by atoms with van der Waals surface area (Å²) in [5, 5.41) is -1.54. The first-order chi connectivity index (χ1) is 10.9. The molecule has 24 heavy (non-hydrogen) atoms. The van der Waals surface area contributed by atoms with Crippen LogP contribution in [0.3, 0.4) is 0 Å². The molecular formula is C17H33NaO5S. The predicted octanol–water partition coefficient (Wildman–Crippen LogP) is 1.17. The Hall–Kier alpha value is 0.380. The van der Waals surface area contributed by atoms with Crippen LogP contribution in [0.2, 0.25) is 0 Å². The van der Waals surface area contributed by atoms with Gasteiger partial charge in [-0.1, -0.05) is 78.1 Å². The molecule has 0 bridgehead atoms. The van der Waals surface area contributed by atoms with E-state index in [1.165, 1.54) is 38.5 Å². The van der Waals surface area contributed by atoms with Crippen molar-refractivity contribution < 1.29 is 52.1 Å². The summed E-state index contributed by atoms with van der Waals surface area (Å²) >= 11 is 0. The second-order valence-electron chi connectivity index (χ2n) is 6.12. The van der Waals surface area contributed by atoms with E-state index in [-0.39, 0.29) is 42.6 Å². The van der Waals surface area contributed by atoms with Crippen molar-refractivity contribution >= 4 is 16.1 Å². The van der Waals surface area contributed by atoms with E-state index in [0.717, 1.165) is 19.3 Å². The van der Waals surface area contributed by atoms with Gasteiger partial charge in [-0.25, -0.2) is 8.42 Å². The van der Waals surface area contributed by atoms with Gasteiger partial charge < -0.3 is 9.29 Å². The average Bonchev–Trinajstić information content (AvgIpc) is 2.49. The number of carbonyl (C=O) groups is 1. The summed E-state index contributed by atoms with van der Waals surface area (Å²) < 4.78 is 38.3. The van der Waals surface area contributed by atoms with Gasteiger partial charge in [-0.2, -0.15) is 0 Å². The zero-order valence-corrected chi connectivity index (χ0v) is 18.5. The molecule has 0 aromatic heterocycles. The monoisotopic (exact) mass is 372 g/mol. The third-order valence-corrected chi connectivity index (χ3v) is 5.00. The summed E-state index contributed by atoms with van der Waals surface area (Å²) in [5.41, 5.74) is 0. The molecular weight excluding hydrogens is 339 g/mol. The smallest absolute Gasteiger partial charge is 0.747 e. The van der Waals surface area contributed by atoms with Crippen LogP contribution in [0.5, 0.6) is 0 Å². The van der Waals surface area contributed by atoms with E-state index in [1.54, 1.807) is 0 Å². The van der Waals surface area contributed by atoms with Crippen molar-refractivity contribution in [3.05, 3.63) is 0 Å². The molecule has 0 saturated carbocycles. The van der Waals surface area contributed by atoms with Crippen LogP contribution in [-0.4, -0.2) is 30.8 Å². The maximum Gasteiger partial charge on any atom is 1.00 e. The maximum atomic E-state index is 11.6. The molecule has 138 valence electrons. The number of ether oxygens (including phenoxy) is 1. The predicted molar refractivity (Wildman–Crippen MR) is 91.2 cm³/mol. The third kappa shape index (κ3) is 14.7. The van der Waals surface area contributed by atoms with Gasteiger partial charge in [0.05, 0.1) is 6.61 Å². The normalized spacial score (nSPS) is 12.5. The number of carbonyl (C=O) groups excluding carboxylic acids is 1. The molecule has 0 aromatic rings. The van der Waals surface area contributed by atoms with Crippen LogP contribution in [0, 0.1) is 0 Å². The molecule has 0 saturated heterocycles. The van der Waals surface area contributed by atoms with E-state index in [0.29, 0.717) is 12.8 Å². The van der Waals surface area contributed by atoms with Gasteiger partial charge in [-0.05, 0) is 12.8 Å². The second kappa shape index (κ2) is 16.8. The molecule has 0 N–H and O–H groups in total. The van der Waals surface area contributed by atoms with Crippen LogP contribution in [0.25, 0.3) is 0 Å². The minimum atomic E-state index is -4.63. The summed E-state index contributed by atoms with van der Waals surface area (Å²) in [6.07, 6.45) is 11.8. The molecule has 0 aliphatic carbocycles. The van der Waals surface area contributed by atoms with Crippen molar-refractivity contribution in [2.24, 2.45) is 0 Å². The van der Waals surface area contributed by atoms with E-state index < -0.39 is 21.3 Å². The topological polar surface area (TPSA) is 83.5 Å². The van der Waals surface area contributed by atoms with Crippen molar-refractivity contribution in [2.45, 2.75) is 96.1 Å². The van der Waals surface area contributed by atoms with Crippen molar-refractivity contribution in [3.63, 3.8) is 0 Å². The molecule has 0 fully saturated rings. The Morgan fingerprint density at radius 3 is 1.75 bits per heavy atom. The standard InChI is InChI=1S/C17H34O5S.Na/c1-3-5-6-7-8-9-10-11-12-13-14-16(23(19,20)21)17(18)22-15-4-2;/h16H,3-15H2,1-2H3,(H,19,20,21);/q;+1/p-1. The maximum absolute atomic E-state index is 11.6. The summed E-state index contributed by atoms with van der Waals surface area (Å²) in [7, 11) is -4.63. The number of rotatable bonds is 15. The number of esters is 1. The van der Waals surface area contributed by atoms with Gasteiger partial charge in [0, 0.05) is 0 Å². The van der Waals surface area contributed by atoms with Gasteiger partial charge in [0.1, 0.15) is 15.4 Å². The Labute approximate surface area is 170 Å². The van der Waals surface area contributed by atoms with Crippen LogP contribution in [0.1, 0.15) is 90.9 Å². The Morgan fingerprint density at radius 1 is 0.875 bits per heavy atom. The molecule has 0 aliphatic rings. The van der Waals surface area contributed by atoms with Crippen molar-refractivity contribution in [1.29, 1.82) is 0 Å². The molecule has 1 atom stereocenters. The van der Waals surface area contributed by atoms with Gasteiger partial charge in [0.15, 0.2) is 0 Å². The van der Waals surface area contributed by atoms with E-state index in [9.17, 15) is 17.8 Å². The first kappa shape index (κ1) is 26.6. The van der Waals surface area contributed by atoms with Crippen LogP contribution < -0.4 is 29.6 Å².